The number of carbonyl (C=O) groups excluding carboxylic acids is 3. The highest BCUT2D eigenvalue weighted by Gasteiger charge is 2.32. The molecule has 1 aromatic rings. The van der Waals surface area contributed by atoms with E-state index >= 15 is 0 Å². The standard InChI is InChI=1S/C18H24N2O5S/c1-5-11-15(17(22)24-7-3)12(20-18(23)19-11)9-25-16(21)14-8-10(4)13(6-2)26-14/h8,11H,5-7,9H2,1-4H3,(H2,19,20,23)/t11-/m1/s1. The fraction of sp³-hybridized carbons (Fsp3) is 0.500. The van der Waals surface area contributed by atoms with Crippen LogP contribution >= 0.6 is 11.3 Å². The molecule has 2 rings (SSSR count). The minimum Gasteiger partial charge on any atom is -0.463 e. The van der Waals surface area contributed by atoms with Gasteiger partial charge in [-0.25, -0.2) is 14.4 Å². The number of ether oxygens (including phenoxy) is 2. The lowest BCUT2D eigenvalue weighted by Crippen LogP contribution is -2.51. The zero-order valence-electron chi connectivity index (χ0n) is 15.4. The highest BCUT2D eigenvalue weighted by atomic mass is 32.1. The summed E-state index contributed by atoms with van der Waals surface area (Å²) >= 11 is 1.39. The molecule has 0 saturated carbocycles. The van der Waals surface area contributed by atoms with Gasteiger partial charge in [0.15, 0.2) is 0 Å². The van der Waals surface area contributed by atoms with Crippen molar-refractivity contribution in [2.45, 2.75) is 46.6 Å². The lowest BCUT2D eigenvalue weighted by atomic mass is 10.0. The number of rotatable bonds is 7. The molecule has 0 radical (unpaired) electrons. The van der Waals surface area contributed by atoms with Gasteiger partial charge in [-0.3, -0.25) is 0 Å². The van der Waals surface area contributed by atoms with E-state index in [2.05, 4.69) is 10.6 Å². The van der Waals surface area contributed by atoms with Crippen LogP contribution in [0.1, 0.15) is 47.3 Å². The summed E-state index contributed by atoms with van der Waals surface area (Å²) in [4.78, 5) is 38.1. The van der Waals surface area contributed by atoms with Gasteiger partial charge in [0.25, 0.3) is 0 Å². The van der Waals surface area contributed by atoms with E-state index in [0.29, 0.717) is 16.9 Å². The highest BCUT2D eigenvalue weighted by molar-refractivity contribution is 7.14. The van der Waals surface area contributed by atoms with E-state index in [1.54, 1.807) is 13.0 Å². The van der Waals surface area contributed by atoms with E-state index in [1.165, 1.54) is 11.3 Å². The average Bonchev–Trinajstić information content (AvgIpc) is 3.00. The molecule has 0 aromatic carbocycles. The molecule has 0 unspecified atom stereocenters. The van der Waals surface area contributed by atoms with Gasteiger partial charge in [-0.2, -0.15) is 0 Å². The van der Waals surface area contributed by atoms with Crippen LogP contribution in [0.4, 0.5) is 4.79 Å². The third-order valence-corrected chi connectivity index (χ3v) is 5.40. The second-order valence-electron chi connectivity index (χ2n) is 5.82. The Hall–Kier alpha value is -2.35. The van der Waals surface area contributed by atoms with Crippen molar-refractivity contribution in [2.75, 3.05) is 13.2 Å². The third-order valence-electron chi connectivity index (χ3n) is 4.04. The summed E-state index contributed by atoms with van der Waals surface area (Å²) in [6.07, 6.45) is 1.37. The van der Waals surface area contributed by atoms with Gasteiger partial charge in [-0.1, -0.05) is 13.8 Å². The fourth-order valence-electron chi connectivity index (χ4n) is 2.76. The maximum atomic E-state index is 12.3. The van der Waals surface area contributed by atoms with Crippen LogP contribution in [0.25, 0.3) is 0 Å². The van der Waals surface area contributed by atoms with Gasteiger partial charge in [0.1, 0.15) is 11.5 Å². The molecule has 0 spiro atoms. The number of thiophene rings is 1. The molecular formula is C18H24N2O5S. The summed E-state index contributed by atoms with van der Waals surface area (Å²) in [5, 5.41) is 5.24. The number of hydrogen-bond donors (Lipinski definition) is 2. The van der Waals surface area contributed by atoms with E-state index in [-0.39, 0.29) is 18.9 Å². The third kappa shape index (κ3) is 4.43. The van der Waals surface area contributed by atoms with Crippen LogP contribution in [0, 0.1) is 6.92 Å². The summed E-state index contributed by atoms with van der Waals surface area (Å²) in [5.74, 6) is -1.01. The van der Waals surface area contributed by atoms with Crippen molar-refractivity contribution >= 4 is 29.3 Å². The maximum absolute atomic E-state index is 12.3. The Morgan fingerprint density at radius 2 is 1.92 bits per heavy atom. The number of nitrogens with one attached hydrogen (secondary N) is 2. The number of carbonyl (C=O) groups is 3. The summed E-state index contributed by atoms with van der Waals surface area (Å²) in [6, 6.07) is 0.880. The summed E-state index contributed by atoms with van der Waals surface area (Å²) < 4.78 is 10.4. The predicted molar refractivity (Wildman–Crippen MR) is 98.1 cm³/mol. The van der Waals surface area contributed by atoms with E-state index in [4.69, 9.17) is 9.47 Å². The van der Waals surface area contributed by atoms with Crippen molar-refractivity contribution in [3.8, 4) is 0 Å². The van der Waals surface area contributed by atoms with Crippen molar-refractivity contribution in [2.24, 2.45) is 0 Å². The first-order valence-corrected chi connectivity index (χ1v) is 9.46. The Labute approximate surface area is 156 Å². The van der Waals surface area contributed by atoms with Crippen LogP contribution < -0.4 is 10.6 Å². The minimum atomic E-state index is -0.530. The Bertz CT molecular complexity index is 738. The van der Waals surface area contributed by atoms with Crippen LogP contribution in [-0.2, 0) is 20.7 Å². The van der Waals surface area contributed by atoms with Gasteiger partial charge >= 0.3 is 18.0 Å². The van der Waals surface area contributed by atoms with Gasteiger partial charge in [0.05, 0.1) is 23.9 Å². The maximum Gasteiger partial charge on any atom is 0.348 e. The van der Waals surface area contributed by atoms with Crippen LogP contribution in [0.3, 0.4) is 0 Å². The quantitative estimate of drug-likeness (QED) is 0.710. The predicted octanol–water partition coefficient (Wildman–Crippen LogP) is 2.68. The molecule has 0 fully saturated rings. The Morgan fingerprint density at radius 3 is 2.50 bits per heavy atom. The number of aryl methyl sites for hydroxylation is 2. The van der Waals surface area contributed by atoms with E-state index in [0.717, 1.165) is 16.9 Å². The molecule has 0 aliphatic carbocycles. The lowest BCUT2D eigenvalue weighted by molar-refractivity contribution is -0.139. The van der Waals surface area contributed by atoms with E-state index < -0.39 is 24.0 Å². The molecule has 1 aromatic heterocycles. The minimum absolute atomic E-state index is 0.199. The number of urea groups is 1. The first kappa shape index (κ1) is 20.0. The topological polar surface area (TPSA) is 93.7 Å². The largest absolute Gasteiger partial charge is 0.463 e. The van der Waals surface area contributed by atoms with E-state index in [1.807, 2.05) is 20.8 Å². The van der Waals surface area contributed by atoms with Crippen molar-refractivity contribution in [1.29, 1.82) is 0 Å². The lowest BCUT2D eigenvalue weighted by Gasteiger charge is -2.28. The molecule has 26 heavy (non-hydrogen) atoms. The summed E-state index contributed by atoms with van der Waals surface area (Å²) in [5.41, 5.74) is 1.60. The normalized spacial score (nSPS) is 16.8. The molecule has 2 heterocycles. The number of hydrogen-bond acceptors (Lipinski definition) is 6. The van der Waals surface area contributed by atoms with E-state index in [9.17, 15) is 14.4 Å². The monoisotopic (exact) mass is 380 g/mol. The Morgan fingerprint density at radius 1 is 1.19 bits per heavy atom. The highest BCUT2D eigenvalue weighted by Crippen LogP contribution is 2.24. The smallest absolute Gasteiger partial charge is 0.348 e. The van der Waals surface area contributed by atoms with Crippen molar-refractivity contribution in [3.05, 3.63) is 32.7 Å². The molecule has 2 N–H and O–H groups in total. The van der Waals surface area contributed by atoms with Gasteiger partial charge in [-0.15, -0.1) is 11.3 Å². The molecule has 1 aliphatic heterocycles. The zero-order valence-corrected chi connectivity index (χ0v) is 16.2. The molecule has 1 aliphatic rings. The second kappa shape index (κ2) is 8.84. The molecule has 8 heteroatoms. The number of amides is 2. The van der Waals surface area contributed by atoms with Gasteiger partial charge in [0, 0.05) is 4.88 Å². The molecule has 0 saturated heterocycles. The first-order valence-electron chi connectivity index (χ1n) is 8.65. The summed E-state index contributed by atoms with van der Waals surface area (Å²) in [6.45, 7) is 7.55. The van der Waals surface area contributed by atoms with Gasteiger partial charge in [0.2, 0.25) is 0 Å². The van der Waals surface area contributed by atoms with Gasteiger partial charge in [-0.05, 0) is 38.3 Å². The zero-order chi connectivity index (χ0) is 19.3. The van der Waals surface area contributed by atoms with Crippen LogP contribution in [0.2, 0.25) is 0 Å². The van der Waals surface area contributed by atoms with Crippen molar-refractivity contribution in [3.63, 3.8) is 0 Å². The SMILES string of the molecule is CCOC(=O)C1=C(COC(=O)c2cc(C)c(CC)s2)NC(=O)N[C@@H]1CC. The molecule has 2 amide bonds. The van der Waals surface area contributed by atoms with Crippen molar-refractivity contribution < 1.29 is 23.9 Å². The van der Waals surface area contributed by atoms with Crippen molar-refractivity contribution in [1.82, 2.24) is 10.6 Å². The average molecular weight is 380 g/mol. The van der Waals surface area contributed by atoms with Crippen LogP contribution in [0.5, 0.6) is 0 Å². The second-order valence-corrected chi connectivity index (χ2v) is 6.96. The molecule has 0 bridgehead atoms. The van der Waals surface area contributed by atoms with Gasteiger partial charge < -0.3 is 20.1 Å². The molecule has 142 valence electrons. The molecule has 1 atom stereocenters. The first-order chi connectivity index (χ1) is 12.4. The Balaban J connectivity index is 2.20. The molecular weight excluding hydrogens is 356 g/mol. The Kier molecular flexibility index (Phi) is 6.79. The van der Waals surface area contributed by atoms with Crippen LogP contribution in [-0.4, -0.2) is 37.2 Å². The molecule has 7 nitrogen and oxygen atoms in total. The number of esters is 2. The fourth-order valence-corrected chi connectivity index (χ4v) is 3.76. The summed E-state index contributed by atoms with van der Waals surface area (Å²) in [7, 11) is 0. The van der Waals surface area contributed by atoms with Crippen LogP contribution in [0.15, 0.2) is 17.3 Å².